The highest BCUT2D eigenvalue weighted by molar-refractivity contribution is 6.02. The number of pyridine rings is 1. The maximum absolute atomic E-state index is 4.98. The van der Waals surface area contributed by atoms with E-state index in [4.69, 9.17) is 15.0 Å². The van der Waals surface area contributed by atoms with Crippen molar-refractivity contribution < 1.29 is 0 Å². The van der Waals surface area contributed by atoms with Crippen LogP contribution >= 0.6 is 0 Å². The fourth-order valence-electron chi connectivity index (χ4n) is 4.09. The van der Waals surface area contributed by atoms with Crippen molar-refractivity contribution in [2.45, 2.75) is 80.1 Å². The van der Waals surface area contributed by atoms with Crippen molar-refractivity contribution in [3.63, 3.8) is 0 Å². The quantitative estimate of drug-likeness (QED) is 0.314. The average molecular weight is 454 g/mol. The van der Waals surface area contributed by atoms with Crippen LogP contribution in [0.5, 0.6) is 0 Å². The highest BCUT2D eigenvalue weighted by atomic mass is 14.8. The molecule has 1 heterocycles. The van der Waals surface area contributed by atoms with E-state index in [1.54, 1.807) is 0 Å². The Morgan fingerprint density at radius 3 is 1.44 bits per heavy atom. The summed E-state index contributed by atoms with van der Waals surface area (Å²) in [6.07, 6.45) is 2.06. The van der Waals surface area contributed by atoms with E-state index in [1.807, 2.05) is 32.0 Å². The van der Waals surface area contributed by atoms with Gasteiger partial charge < -0.3 is 0 Å². The number of benzene rings is 2. The van der Waals surface area contributed by atoms with Crippen molar-refractivity contribution in [3.8, 4) is 0 Å². The van der Waals surface area contributed by atoms with Crippen molar-refractivity contribution in [1.82, 2.24) is 4.98 Å². The Morgan fingerprint density at radius 1 is 0.676 bits per heavy atom. The van der Waals surface area contributed by atoms with Crippen LogP contribution in [0.15, 0.2) is 64.6 Å². The van der Waals surface area contributed by atoms with Crippen LogP contribution in [0.4, 0.5) is 11.4 Å². The summed E-state index contributed by atoms with van der Waals surface area (Å²) in [7, 11) is 0. The van der Waals surface area contributed by atoms with E-state index in [1.165, 1.54) is 22.3 Å². The van der Waals surface area contributed by atoms with Gasteiger partial charge in [0.05, 0.1) is 34.2 Å². The maximum Gasteiger partial charge on any atom is 0.0849 e. The summed E-state index contributed by atoms with van der Waals surface area (Å²) in [4.78, 5) is 14.9. The van der Waals surface area contributed by atoms with E-state index in [0.29, 0.717) is 11.8 Å². The van der Waals surface area contributed by atoms with E-state index in [2.05, 4.69) is 77.9 Å². The fourth-order valence-corrected chi connectivity index (χ4v) is 4.09. The van der Waals surface area contributed by atoms with Gasteiger partial charge in [-0.1, -0.05) is 71.9 Å². The monoisotopic (exact) mass is 453 g/mol. The first kappa shape index (κ1) is 25.6. The Balaban J connectivity index is 1.97. The molecule has 34 heavy (non-hydrogen) atoms. The zero-order chi connectivity index (χ0) is 24.8. The van der Waals surface area contributed by atoms with Gasteiger partial charge in [0, 0.05) is 0 Å². The van der Waals surface area contributed by atoms with Crippen molar-refractivity contribution in [2.75, 3.05) is 0 Å². The predicted molar refractivity (Wildman–Crippen MR) is 148 cm³/mol. The number of aryl methyl sites for hydroxylation is 2. The molecule has 1 aromatic heterocycles. The first-order valence-electron chi connectivity index (χ1n) is 12.6. The molecule has 3 rings (SSSR count). The Labute approximate surface area is 206 Å². The lowest BCUT2D eigenvalue weighted by Gasteiger charge is -2.13. The first-order valence-corrected chi connectivity index (χ1v) is 12.6. The largest absolute Gasteiger partial charge is 0.251 e. The summed E-state index contributed by atoms with van der Waals surface area (Å²) >= 11 is 0. The maximum atomic E-state index is 4.98. The number of nitrogens with zero attached hydrogens (tertiary/aromatic N) is 3. The van der Waals surface area contributed by atoms with Crippen LogP contribution < -0.4 is 0 Å². The molecule has 3 heteroatoms. The first-order chi connectivity index (χ1) is 16.2. The molecular formula is C31H39N3. The van der Waals surface area contributed by atoms with Crippen LogP contribution in [0.1, 0.15) is 101 Å². The van der Waals surface area contributed by atoms with Gasteiger partial charge in [-0.05, 0) is 85.0 Å². The van der Waals surface area contributed by atoms with Crippen LogP contribution in [-0.2, 0) is 12.8 Å². The van der Waals surface area contributed by atoms with E-state index >= 15 is 0 Å². The van der Waals surface area contributed by atoms with E-state index in [-0.39, 0.29) is 0 Å². The van der Waals surface area contributed by atoms with Crippen molar-refractivity contribution in [1.29, 1.82) is 0 Å². The van der Waals surface area contributed by atoms with Crippen molar-refractivity contribution >= 4 is 22.8 Å². The van der Waals surface area contributed by atoms with Gasteiger partial charge in [0.1, 0.15) is 0 Å². The minimum absolute atomic E-state index is 0.418. The summed E-state index contributed by atoms with van der Waals surface area (Å²) in [5.41, 5.74) is 10.9. The predicted octanol–water partition coefficient (Wildman–Crippen LogP) is 8.73. The molecule has 0 bridgehead atoms. The van der Waals surface area contributed by atoms with E-state index in [9.17, 15) is 0 Å². The van der Waals surface area contributed by atoms with Gasteiger partial charge in [-0.2, -0.15) is 0 Å². The number of hydrogen-bond acceptors (Lipinski definition) is 3. The normalized spacial score (nSPS) is 12.6. The molecule has 0 saturated heterocycles. The molecular weight excluding hydrogens is 414 g/mol. The molecule has 2 aromatic carbocycles. The molecule has 0 fully saturated rings. The van der Waals surface area contributed by atoms with E-state index in [0.717, 1.165) is 47.0 Å². The summed E-state index contributed by atoms with van der Waals surface area (Å²) in [5.74, 6) is 0.835. The van der Waals surface area contributed by atoms with Gasteiger partial charge in [-0.15, -0.1) is 0 Å². The third kappa shape index (κ3) is 6.08. The highest BCUT2D eigenvalue weighted by Gasteiger charge is 2.11. The molecule has 0 aliphatic carbocycles. The molecule has 0 radical (unpaired) electrons. The van der Waals surface area contributed by atoms with Crippen molar-refractivity contribution in [3.05, 3.63) is 88.2 Å². The van der Waals surface area contributed by atoms with Crippen LogP contribution in [0, 0.1) is 0 Å². The Hall–Kier alpha value is -3.07. The molecule has 178 valence electrons. The van der Waals surface area contributed by atoms with E-state index < -0.39 is 0 Å². The molecule has 3 aromatic rings. The Morgan fingerprint density at radius 2 is 1.09 bits per heavy atom. The molecule has 0 N–H and O–H groups in total. The number of hydrogen-bond donors (Lipinski definition) is 0. The van der Waals surface area contributed by atoms with Crippen LogP contribution in [0.2, 0.25) is 0 Å². The van der Waals surface area contributed by atoms with Crippen molar-refractivity contribution in [2.24, 2.45) is 9.98 Å². The molecule has 3 nitrogen and oxygen atoms in total. The lowest BCUT2D eigenvalue weighted by atomic mass is 9.97. The number of rotatable bonds is 8. The molecule has 0 saturated carbocycles. The summed E-state index contributed by atoms with van der Waals surface area (Å²) in [6.45, 7) is 17.3. The summed E-state index contributed by atoms with van der Waals surface area (Å²) in [6, 6.07) is 19.3. The van der Waals surface area contributed by atoms with Gasteiger partial charge >= 0.3 is 0 Å². The average Bonchev–Trinajstić information content (AvgIpc) is 2.84. The third-order valence-electron chi connectivity index (χ3n) is 6.31. The topological polar surface area (TPSA) is 37.6 Å². The van der Waals surface area contributed by atoms with Gasteiger partial charge in [-0.25, -0.2) is 4.98 Å². The molecule has 0 aliphatic rings. The smallest absolute Gasteiger partial charge is 0.0849 e. The molecule has 0 unspecified atom stereocenters. The minimum Gasteiger partial charge on any atom is -0.251 e. The molecule has 0 spiro atoms. The van der Waals surface area contributed by atoms with Gasteiger partial charge in [0.15, 0.2) is 0 Å². The SMILES string of the molecule is CCc1ccc(N=C(C)c2cccc(C(C)=Nc3ccc(CC)cc3C(C)C)n2)c(C(C)C)c1. The fraction of sp³-hybridized carbons (Fsp3) is 0.387. The van der Waals surface area contributed by atoms with Crippen LogP contribution in [-0.4, -0.2) is 16.4 Å². The standard InChI is InChI=1S/C31H39N3/c1-9-24-14-16-30(26(18-24)20(3)4)32-22(7)28-12-11-13-29(34-28)23(8)33-31-17-15-25(10-2)19-27(31)21(5)6/h11-21H,9-10H2,1-8H3. The lowest BCUT2D eigenvalue weighted by Crippen LogP contribution is -2.05. The third-order valence-corrected chi connectivity index (χ3v) is 6.31. The van der Waals surface area contributed by atoms with Gasteiger partial charge in [-0.3, -0.25) is 9.98 Å². The zero-order valence-electron chi connectivity index (χ0n) is 22.1. The zero-order valence-corrected chi connectivity index (χ0v) is 22.1. The second-order valence-electron chi connectivity index (χ2n) is 9.61. The van der Waals surface area contributed by atoms with Gasteiger partial charge in [0.2, 0.25) is 0 Å². The Bertz CT molecular complexity index is 1110. The van der Waals surface area contributed by atoms with Crippen LogP contribution in [0.3, 0.4) is 0 Å². The molecule has 0 aliphatic heterocycles. The summed E-state index contributed by atoms with van der Waals surface area (Å²) < 4.78 is 0. The molecule has 0 amide bonds. The second kappa shape index (κ2) is 11.4. The second-order valence-corrected chi connectivity index (χ2v) is 9.61. The minimum atomic E-state index is 0.418. The van der Waals surface area contributed by atoms with Gasteiger partial charge in [0.25, 0.3) is 0 Å². The number of aliphatic imine (C=N–C) groups is 2. The number of aromatic nitrogens is 1. The van der Waals surface area contributed by atoms with Crippen LogP contribution in [0.25, 0.3) is 0 Å². The molecule has 0 atom stereocenters. The summed E-state index contributed by atoms with van der Waals surface area (Å²) in [5, 5.41) is 0. The lowest BCUT2D eigenvalue weighted by molar-refractivity contribution is 0.862. The Kier molecular flexibility index (Phi) is 8.55. The highest BCUT2D eigenvalue weighted by Crippen LogP contribution is 2.30.